The molecule has 1 saturated carbocycles. The molecule has 2 N–H and O–H groups in total. The number of hydrogen-bond donors (Lipinski definition) is 2. The number of benzene rings is 1. The maximum atomic E-state index is 11.5. The molecular formula is C13H16BrNO2. The number of carbonyl (C=O) groups is 1. The summed E-state index contributed by atoms with van der Waals surface area (Å²) in [6.07, 6.45) is 2.61. The van der Waals surface area contributed by atoms with Crippen molar-refractivity contribution in [1.82, 2.24) is 0 Å². The highest BCUT2D eigenvalue weighted by Crippen LogP contribution is 2.43. The first kappa shape index (κ1) is 12.4. The molecule has 0 saturated heterocycles. The molecule has 0 radical (unpaired) electrons. The number of carboxylic acids is 1. The summed E-state index contributed by atoms with van der Waals surface area (Å²) in [4.78, 5) is 11.5. The number of anilines is 1. The lowest BCUT2D eigenvalue weighted by Gasteiger charge is -2.30. The van der Waals surface area contributed by atoms with Crippen LogP contribution in [0.25, 0.3) is 0 Å². The smallest absolute Gasteiger partial charge is 0.329 e. The highest BCUT2D eigenvalue weighted by atomic mass is 79.9. The van der Waals surface area contributed by atoms with Crippen LogP contribution in [0.1, 0.15) is 26.2 Å². The monoisotopic (exact) mass is 297 g/mol. The summed E-state index contributed by atoms with van der Waals surface area (Å²) in [5, 5.41) is 12.7. The van der Waals surface area contributed by atoms with Gasteiger partial charge >= 0.3 is 5.97 Å². The van der Waals surface area contributed by atoms with Crippen molar-refractivity contribution in [3.63, 3.8) is 0 Å². The molecule has 2 rings (SSSR count). The quantitative estimate of drug-likeness (QED) is 0.874. The van der Waals surface area contributed by atoms with Crippen LogP contribution in [-0.4, -0.2) is 16.6 Å². The predicted molar refractivity (Wildman–Crippen MR) is 71.1 cm³/mol. The summed E-state index contributed by atoms with van der Waals surface area (Å²) in [5.41, 5.74) is 0.0674. The van der Waals surface area contributed by atoms with E-state index in [1.165, 1.54) is 0 Å². The Balaban J connectivity index is 2.23. The molecule has 0 heterocycles. The second kappa shape index (κ2) is 4.69. The summed E-state index contributed by atoms with van der Waals surface area (Å²) >= 11 is 3.37. The Bertz CT molecular complexity index is 414. The van der Waals surface area contributed by atoms with Crippen molar-refractivity contribution in [2.45, 2.75) is 31.7 Å². The van der Waals surface area contributed by atoms with Gasteiger partial charge in [-0.05, 0) is 49.4 Å². The van der Waals surface area contributed by atoms with Crippen molar-refractivity contribution in [2.75, 3.05) is 5.32 Å². The van der Waals surface area contributed by atoms with E-state index in [1.54, 1.807) is 0 Å². The van der Waals surface area contributed by atoms with Gasteiger partial charge in [-0.25, -0.2) is 4.79 Å². The van der Waals surface area contributed by atoms with E-state index in [4.69, 9.17) is 0 Å². The summed E-state index contributed by atoms with van der Waals surface area (Å²) in [6.45, 7) is 1.93. The third-order valence-electron chi connectivity index (χ3n) is 3.43. The van der Waals surface area contributed by atoms with Gasteiger partial charge < -0.3 is 10.4 Å². The van der Waals surface area contributed by atoms with Gasteiger partial charge in [-0.15, -0.1) is 0 Å². The van der Waals surface area contributed by atoms with Gasteiger partial charge in [-0.1, -0.05) is 22.9 Å². The number of halogens is 1. The molecule has 0 amide bonds. The number of carboxylic acid groups (broad SMARTS) is 1. The third kappa shape index (κ3) is 2.46. The molecule has 1 unspecified atom stereocenters. The van der Waals surface area contributed by atoms with Crippen LogP contribution in [0.2, 0.25) is 0 Å². The zero-order chi connectivity index (χ0) is 12.5. The van der Waals surface area contributed by atoms with E-state index in [0.29, 0.717) is 6.42 Å². The van der Waals surface area contributed by atoms with Gasteiger partial charge in [-0.3, -0.25) is 0 Å². The van der Waals surface area contributed by atoms with Crippen LogP contribution in [0.5, 0.6) is 0 Å². The molecule has 3 nitrogen and oxygen atoms in total. The molecule has 0 spiro atoms. The first-order valence-electron chi connectivity index (χ1n) is 5.85. The molecule has 1 aliphatic rings. The molecule has 1 aliphatic carbocycles. The standard InChI is InChI=1S/C13H16BrNO2/c1-2-13(12(16)17,9-3-4-9)15-11-7-5-10(14)6-8-11/h5-9,15H,2-4H2,1H3,(H,16,17). The highest BCUT2D eigenvalue weighted by molar-refractivity contribution is 9.10. The van der Waals surface area contributed by atoms with Crippen molar-refractivity contribution < 1.29 is 9.90 Å². The molecule has 17 heavy (non-hydrogen) atoms. The molecule has 0 bridgehead atoms. The van der Waals surface area contributed by atoms with Crippen LogP contribution in [0.4, 0.5) is 5.69 Å². The molecule has 1 aromatic rings. The Morgan fingerprint density at radius 3 is 2.47 bits per heavy atom. The summed E-state index contributed by atoms with van der Waals surface area (Å²) in [6, 6.07) is 7.63. The van der Waals surface area contributed by atoms with Crippen molar-refractivity contribution in [1.29, 1.82) is 0 Å². The molecule has 0 aliphatic heterocycles. The Hall–Kier alpha value is -1.03. The minimum atomic E-state index is -0.798. The van der Waals surface area contributed by atoms with E-state index in [2.05, 4.69) is 21.2 Å². The Morgan fingerprint density at radius 1 is 1.47 bits per heavy atom. The van der Waals surface area contributed by atoms with Crippen LogP contribution in [-0.2, 0) is 4.79 Å². The normalized spacial score (nSPS) is 18.5. The molecule has 4 heteroatoms. The van der Waals surface area contributed by atoms with Gasteiger partial charge in [-0.2, -0.15) is 0 Å². The van der Waals surface area contributed by atoms with Crippen molar-refractivity contribution >= 4 is 27.6 Å². The van der Waals surface area contributed by atoms with E-state index in [9.17, 15) is 9.90 Å². The third-order valence-corrected chi connectivity index (χ3v) is 3.95. The largest absolute Gasteiger partial charge is 0.479 e. The summed E-state index contributed by atoms with van der Waals surface area (Å²) in [7, 11) is 0. The molecule has 92 valence electrons. The minimum Gasteiger partial charge on any atom is -0.479 e. The van der Waals surface area contributed by atoms with E-state index >= 15 is 0 Å². The molecular weight excluding hydrogens is 282 g/mol. The summed E-state index contributed by atoms with van der Waals surface area (Å²) in [5.74, 6) is -0.487. The number of hydrogen-bond acceptors (Lipinski definition) is 2. The molecule has 1 atom stereocenters. The lowest BCUT2D eigenvalue weighted by atomic mass is 9.89. The van der Waals surface area contributed by atoms with Crippen LogP contribution >= 0.6 is 15.9 Å². The van der Waals surface area contributed by atoms with Crippen molar-refractivity contribution in [2.24, 2.45) is 5.92 Å². The predicted octanol–water partition coefficient (Wildman–Crippen LogP) is 3.50. The zero-order valence-electron chi connectivity index (χ0n) is 9.74. The number of nitrogens with one attached hydrogen (secondary N) is 1. The SMILES string of the molecule is CCC(Nc1ccc(Br)cc1)(C(=O)O)C1CC1. The minimum absolute atomic E-state index is 0.258. The average molecular weight is 298 g/mol. The molecule has 0 aromatic heterocycles. The van der Waals surface area contributed by atoms with Crippen LogP contribution in [0, 0.1) is 5.92 Å². The van der Waals surface area contributed by atoms with Gasteiger partial charge in [0.15, 0.2) is 0 Å². The average Bonchev–Trinajstić information content (AvgIpc) is 3.12. The van der Waals surface area contributed by atoms with E-state index in [-0.39, 0.29) is 5.92 Å². The topological polar surface area (TPSA) is 49.3 Å². The highest BCUT2D eigenvalue weighted by Gasteiger charge is 2.49. The van der Waals surface area contributed by atoms with Gasteiger partial charge in [0.2, 0.25) is 0 Å². The second-order valence-electron chi connectivity index (χ2n) is 4.54. The maximum Gasteiger partial charge on any atom is 0.329 e. The van der Waals surface area contributed by atoms with Gasteiger partial charge in [0.05, 0.1) is 0 Å². The van der Waals surface area contributed by atoms with Crippen LogP contribution in [0.15, 0.2) is 28.7 Å². The molecule has 1 fully saturated rings. The van der Waals surface area contributed by atoms with E-state index in [1.807, 2.05) is 31.2 Å². The van der Waals surface area contributed by atoms with Gasteiger partial charge in [0.25, 0.3) is 0 Å². The molecule has 1 aromatic carbocycles. The van der Waals surface area contributed by atoms with Crippen molar-refractivity contribution in [3.8, 4) is 0 Å². The summed E-state index contributed by atoms with van der Waals surface area (Å²) < 4.78 is 0.992. The van der Waals surface area contributed by atoms with Gasteiger partial charge in [0.1, 0.15) is 5.54 Å². The Kier molecular flexibility index (Phi) is 3.43. The lowest BCUT2D eigenvalue weighted by molar-refractivity contribution is -0.143. The fourth-order valence-corrected chi connectivity index (χ4v) is 2.49. The van der Waals surface area contributed by atoms with Gasteiger partial charge in [0, 0.05) is 10.2 Å². The first-order valence-corrected chi connectivity index (χ1v) is 6.65. The van der Waals surface area contributed by atoms with E-state index < -0.39 is 11.5 Å². The Labute approximate surface area is 109 Å². The fraction of sp³-hybridized carbons (Fsp3) is 0.462. The van der Waals surface area contributed by atoms with Crippen molar-refractivity contribution in [3.05, 3.63) is 28.7 Å². The Morgan fingerprint density at radius 2 is 2.06 bits per heavy atom. The van der Waals surface area contributed by atoms with E-state index in [0.717, 1.165) is 23.0 Å². The lowest BCUT2D eigenvalue weighted by Crippen LogP contribution is -2.48. The second-order valence-corrected chi connectivity index (χ2v) is 5.45. The fourth-order valence-electron chi connectivity index (χ4n) is 2.23. The zero-order valence-corrected chi connectivity index (χ0v) is 11.3. The van der Waals surface area contributed by atoms with Crippen LogP contribution in [0.3, 0.4) is 0 Å². The first-order chi connectivity index (χ1) is 8.08. The van der Waals surface area contributed by atoms with Crippen LogP contribution < -0.4 is 5.32 Å². The number of rotatable bonds is 5. The number of aliphatic carboxylic acids is 1. The maximum absolute atomic E-state index is 11.5.